The average Bonchev–Trinajstić information content (AvgIpc) is 2.98. The summed E-state index contributed by atoms with van der Waals surface area (Å²) in [6, 6.07) is 4.51. The molecule has 1 N–H and O–H groups in total. The summed E-state index contributed by atoms with van der Waals surface area (Å²) in [5.41, 5.74) is 0. The molecule has 2 heterocycles. The van der Waals surface area contributed by atoms with Gasteiger partial charge in [0.05, 0.1) is 13.2 Å². The van der Waals surface area contributed by atoms with Crippen molar-refractivity contribution in [2.45, 2.75) is 26.8 Å². The molecule has 2 rings (SSSR count). The quantitative estimate of drug-likeness (QED) is 0.809. The predicted octanol–water partition coefficient (Wildman–Crippen LogP) is 2.79. The van der Waals surface area contributed by atoms with Gasteiger partial charge in [0.2, 0.25) is 11.9 Å². The first-order valence-corrected chi connectivity index (χ1v) is 7.97. The standard InChI is InChI=1S/C14H21N5OS/c1-4-8-20-14-17-12(15-5-2)16-13(18-14)19(3)10-11-7-6-9-21-11/h6-7,9H,4-5,8,10H2,1-3H3,(H,15,16,17,18). The van der Waals surface area contributed by atoms with Crippen LogP contribution < -0.4 is 15.0 Å². The summed E-state index contributed by atoms with van der Waals surface area (Å²) >= 11 is 1.72. The molecule has 2 aromatic rings. The van der Waals surface area contributed by atoms with Crippen molar-refractivity contribution in [1.82, 2.24) is 15.0 Å². The normalized spacial score (nSPS) is 10.4. The van der Waals surface area contributed by atoms with Gasteiger partial charge >= 0.3 is 6.01 Å². The van der Waals surface area contributed by atoms with E-state index in [9.17, 15) is 0 Å². The zero-order chi connectivity index (χ0) is 15.1. The van der Waals surface area contributed by atoms with E-state index >= 15 is 0 Å². The Labute approximate surface area is 129 Å². The molecule has 0 saturated carbocycles. The summed E-state index contributed by atoms with van der Waals surface area (Å²) in [4.78, 5) is 16.3. The van der Waals surface area contributed by atoms with Gasteiger partial charge in [0.1, 0.15) is 0 Å². The maximum atomic E-state index is 5.54. The Morgan fingerprint density at radius 2 is 2.14 bits per heavy atom. The summed E-state index contributed by atoms with van der Waals surface area (Å²) < 4.78 is 5.54. The van der Waals surface area contributed by atoms with Crippen molar-refractivity contribution in [3.05, 3.63) is 22.4 Å². The van der Waals surface area contributed by atoms with Crippen molar-refractivity contribution in [2.24, 2.45) is 0 Å². The van der Waals surface area contributed by atoms with E-state index in [2.05, 4.69) is 38.6 Å². The van der Waals surface area contributed by atoms with Crippen molar-refractivity contribution in [3.8, 4) is 6.01 Å². The molecule has 0 aliphatic heterocycles. The van der Waals surface area contributed by atoms with E-state index in [1.165, 1.54) is 4.88 Å². The molecular weight excluding hydrogens is 286 g/mol. The first-order chi connectivity index (χ1) is 10.2. The fourth-order valence-electron chi connectivity index (χ4n) is 1.72. The first-order valence-electron chi connectivity index (χ1n) is 7.09. The van der Waals surface area contributed by atoms with Gasteiger partial charge in [-0.15, -0.1) is 11.3 Å². The van der Waals surface area contributed by atoms with Crippen LogP contribution in [0.15, 0.2) is 17.5 Å². The monoisotopic (exact) mass is 307 g/mol. The molecule has 0 amide bonds. The predicted molar refractivity (Wildman–Crippen MR) is 86.2 cm³/mol. The molecule has 0 atom stereocenters. The molecule has 6 nitrogen and oxygen atoms in total. The second kappa shape index (κ2) is 7.78. The lowest BCUT2D eigenvalue weighted by Crippen LogP contribution is -2.20. The van der Waals surface area contributed by atoms with E-state index in [0.29, 0.717) is 24.5 Å². The molecule has 0 aliphatic rings. The maximum Gasteiger partial charge on any atom is 0.323 e. The van der Waals surface area contributed by atoms with Gasteiger partial charge in [0.25, 0.3) is 0 Å². The Bertz CT molecular complexity index is 546. The number of hydrogen-bond acceptors (Lipinski definition) is 7. The Kier molecular flexibility index (Phi) is 5.74. The number of hydrogen-bond donors (Lipinski definition) is 1. The van der Waals surface area contributed by atoms with Gasteiger partial charge in [-0.25, -0.2) is 0 Å². The van der Waals surface area contributed by atoms with Gasteiger partial charge in [-0.05, 0) is 24.8 Å². The highest BCUT2D eigenvalue weighted by Gasteiger charge is 2.11. The minimum atomic E-state index is 0.371. The molecule has 0 spiro atoms. The summed E-state index contributed by atoms with van der Waals surface area (Å²) in [5, 5.41) is 5.18. The molecule has 0 aliphatic carbocycles. The lowest BCUT2D eigenvalue weighted by atomic mass is 10.4. The number of nitrogens with zero attached hydrogens (tertiary/aromatic N) is 4. The van der Waals surface area contributed by atoms with Crippen LogP contribution in [0.1, 0.15) is 25.1 Å². The van der Waals surface area contributed by atoms with Crippen LogP contribution in [-0.2, 0) is 6.54 Å². The zero-order valence-corrected chi connectivity index (χ0v) is 13.5. The summed E-state index contributed by atoms with van der Waals surface area (Å²) in [7, 11) is 1.97. The second-order valence-electron chi connectivity index (χ2n) is 4.56. The van der Waals surface area contributed by atoms with Crippen LogP contribution in [0, 0.1) is 0 Å². The highest BCUT2D eigenvalue weighted by atomic mass is 32.1. The molecular formula is C14H21N5OS. The van der Waals surface area contributed by atoms with E-state index in [0.717, 1.165) is 19.5 Å². The van der Waals surface area contributed by atoms with Crippen LogP contribution in [0.2, 0.25) is 0 Å². The zero-order valence-electron chi connectivity index (χ0n) is 12.7. The molecule has 114 valence electrons. The molecule has 0 radical (unpaired) electrons. The lowest BCUT2D eigenvalue weighted by molar-refractivity contribution is 0.292. The van der Waals surface area contributed by atoms with Crippen molar-refractivity contribution in [2.75, 3.05) is 30.4 Å². The summed E-state index contributed by atoms with van der Waals surface area (Å²) in [5.74, 6) is 1.16. The second-order valence-corrected chi connectivity index (χ2v) is 5.59. The van der Waals surface area contributed by atoms with Crippen LogP contribution in [0.3, 0.4) is 0 Å². The van der Waals surface area contributed by atoms with Gasteiger partial charge in [0.15, 0.2) is 0 Å². The molecule has 0 fully saturated rings. The molecule has 0 bridgehead atoms. The third kappa shape index (κ3) is 4.56. The lowest BCUT2D eigenvalue weighted by Gasteiger charge is -2.17. The van der Waals surface area contributed by atoms with Gasteiger partial charge in [-0.1, -0.05) is 13.0 Å². The van der Waals surface area contributed by atoms with Crippen molar-refractivity contribution < 1.29 is 4.74 Å². The number of rotatable bonds is 8. The molecule has 0 saturated heterocycles. The number of thiophene rings is 1. The number of nitrogens with one attached hydrogen (secondary N) is 1. The Morgan fingerprint density at radius 1 is 1.29 bits per heavy atom. The fourth-order valence-corrected chi connectivity index (χ4v) is 2.48. The van der Waals surface area contributed by atoms with E-state index in [1.807, 2.05) is 24.9 Å². The SMILES string of the molecule is CCCOc1nc(NCC)nc(N(C)Cc2cccs2)n1. The van der Waals surface area contributed by atoms with Gasteiger partial charge in [-0.3, -0.25) is 0 Å². The summed E-state index contributed by atoms with van der Waals surface area (Å²) in [6.45, 7) is 6.18. The van der Waals surface area contributed by atoms with Crippen LogP contribution in [-0.4, -0.2) is 35.2 Å². The minimum Gasteiger partial charge on any atom is -0.463 e. The van der Waals surface area contributed by atoms with E-state index in [1.54, 1.807) is 11.3 Å². The smallest absolute Gasteiger partial charge is 0.323 e. The van der Waals surface area contributed by atoms with Crippen LogP contribution in [0.25, 0.3) is 0 Å². The van der Waals surface area contributed by atoms with E-state index in [-0.39, 0.29) is 0 Å². The number of ether oxygens (including phenoxy) is 1. The molecule has 0 unspecified atom stereocenters. The number of anilines is 2. The van der Waals surface area contributed by atoms with Crippen LogP contribution in [0.4, 0.5) is 11.9 Å². The topological polar surface area (TPSA) is 63.2 Å². The third-order valence-corrected chi connectivity index (χ3v) is 3.55. The largest absolute Gasteiger partial charge is 0.463 e. The Morgan fingerprint density at radius 3 is 2.81 bits per heavy atom. The van der Waals surface area contributed by atoms with E-state index < -0.39 is 0 Å². The molecule has 0 aromatic carbocycles. The van der Waals surface area contributed by atoms with Crippen molar-refractivity contribution in [1.29, 1.82) is 0 Å². The highest BCUT2D eigenvalue weighted by Crippen LogP contribution is 2.18. The maximum absolute atomic E-state index is 5.54. The van der Waals surface area contributed by atoms with E-state index in [4.69, 9.17) is 4.74 Å². The van der Waals surface area contributed by atoms with Crippen LogP contribution >= 0.6 is 11.3 Å². The minimum absolute atomic E-state index is 0.371. The van der Waals surface area contributed by atoms with Crippen molar-refractivity contribution >= 4 is 23.2 Å². The van der Waals surface area contributed by atoms with Gasteiger partial charge in [-0.2, -0.15) is 15.0 Å². The molecule has 21 heavy (non-hydrogen) atoms. The molecule has 7 heteroatoms. The fraction of sp³-hybridized carbons (Fsp3) is 0.500. The van der Waals surface area contributed by atoms with Gasteiger partial charge in [0, 0.05) is 18.5 Å². The highest BCUT2D eigenvalue weighted by molar-refractivity contribution is 7.09. The Balaban J connectivity index is 2.17. The van der Waals surface area contributed by atoms with Crippen LogP contribution in [0.5, 0.6) is 6.01 Å². The average molecular weight is 307 g/mol. The first kappa shape index (κ1) is 15.5. The summed E-state index contributed by atoms with van der Waals surface area (Å²) in [6.07, 6.45) is 0.919. The van der Waals surface area contributed by atoms with Gasteiger partial charge < -0.3 is 15.0 Å². The Hall–Kier alpha value is -1.89. The van der Waals surface area contributed by atoms with Crippen molar-refractivity contribution in [3.63, 3.8) is 0 Å². The third-order valence-electron chi connectivity index (χ3n) is 2.69. The molecule has 2 aromatic heterocycles. The number of aromatic nitrogens is 3.